The zero-order chi connectivity index (χ0) is 18.1. The zero-order valence-corrected chi connectivity index (χ0v) is 15.7. The second kappa shape index (κ2) is 6.93. The molecule has 3 amide bonds. The van der Waals surface area contributed by atoms with E-state index < -0.39 is 0 Å². The molecule has 140 valence electrons. The Balaban J connectivity index is 1.49. The van der Waals surface area contributed by atoms with Gasteiger partial charge in [-0.3, -0.25) is 4.79 Å². The summed E-state index contributed by atoms with van der Waals surface area (Å²) in [4.78, 5) is 28.7. The van der Waals surface area contributed by atoms with Crippen LogP contribution >= 0.6 is 0 Å². The van der Waals surface area contributed by atoms with Gasteiger partial charge in [0.05, 0.1) is 0 Å². The lowest BCUT2D eigenvalue weighted by Crippen LogP contribution is -2.49. The number of piperidine rings is 1. The highest BCUT2D eigenvalue weighted by Crippen LogP contribution is 2.52. The fraction of sp³-hybridized carbons (Fsp3) is 0.619. The van der Waals surface area contributed by atoms with Crippen LogP contribution in [0.25, 0.3) is 0 Å². The van der Waals surface area contributed by atoms with Crippen molar-refractivity contribution in [2.45, 2.75) is 49.9 Å². The van der Waals surface area contributed by atoms with Gasteiger partial charge in [0.15, 0.2) is 0 Å². The minimum atomic E-state index is 0.114. The van der Waals surface area contributed by atoms with Crippen molar-refractivity contribution in [2.75, 3.05) is 33.2 Å². The molecule has 1 atom stereocenters. The maximum Gasteiger partial charge on any atom is 0.319 e. The maximum absolute atomic E-state index is 12.7. The van der Waals surface area contributed by atoms with E-state index in [0.717, 1.165) is 58.3 Å². The molecule has 2 aliphatic heterocycles. The lowest BCUT2D eigenvalue weighted by molar-refractivity contribution is -0.121. The molecule has 1 aliphatic carbocycles. The molecule has 0 radical (unpaired) electrons. The number of nitrogens with one attached hydrogen (secondary N) is 1. The van der Waals surface area contributed by atoms with Crippen LogP contribution in [0.3, 0.4) is 0 Å². The highest BCUT2D eigenvalue weighted by molar-refractivity contribution is 5.77. The number of hydrogen-bond donors (Lipinski definition) is 1. The van der Waals surface area contributed by atoms with Gasteiger partial charge in [-0.15, -0.1) is 0 Å². The molecular formula is C21H29N3O2. The number of rotatable bonds is 2. The van der Waals surface area contributed by atoms with Crippen molar-refractivity contribution in [3.63, 3.8) is 0 Å². The van der Waals surface area contributed by atoms with Crippen LogP contribution in [0.2, 0.25) is 0 Å². The number of hydrogen-bond acceptors (Lipinski definition) is 2. The summed E-state index contributed by atoms with van der Waals surface area (Å²) >= 11 is 0. The van der Waals surface area contributed by atoms with Crippen LogP contribution < -0.4 is 5.32 Å². The summed E-state index contributed by atoms with van der Waals surface area (Å²) in [6.45, 7) is 3.49. The first-order valence-corrected chi connectivity index (χ1v) is 9.97. The van der Waals surface area contributed by atoms with Crippen molar-refractivity contribution in [3.8, 4) is 0 Å². The van der Waals surface area contributed by atoms with Gasteiger partial charge < -0.3 is 15.1 Å². The topological polar surface area (TPSA) is 52.7 Å². The molecule has 3 aliphatic rings. The fourth-order valence-corrected chi connectivity index (χ4v) is 5.24. The fourth-order valence-electron chi connectivity index (χ4n) is 5.24. The number of carbonyl (C=O) groups excluding carboxylic acids is 2. The Morgan fingerprint density at radius 3 is 2.42 bits per heavy atom. The minimum Gasteiger partial charge on any atom is -0.359 e. The summed E-state index contributed by atoms with van der Waals surface area (Å²) < 4.78 is 0. The number of benzene rings is 1. The van der Waals surface area contributed by atoms with Crippen LogP contribution in [-0.2, 0) is 10.2 Å². The summed E-state index contributed by atoms with van der Waals surface area (Å²) in [5.41, 5.74) is 2.90. The van der Waals surface area contributed by atoms with Gasteiger partial charge in [-0.05, 0) is 54.6 Å². The Morgan fingerprint density at radius 1 is 1.08 bits per heavy atom. The molecule has 5 nitrogen and oxygen atoms in total. The summed E-state index contributed by atoms with van der Waals surface area (Å²) in [5.74, 6) is 0.412. The molecule has 4 rings (SSSR count). The van der Waals surface area contributed by atoms with E-state index in [1.165, 1.54) is 11.1 Å². The highest BCUT2D eigenvalue weighted by Gasteiger charge is 2.46. The van der Waals surface area contributed by atoms with Gasteiger partial charge in [0.2, 0.25) is 5.91 Å². The first kappa shape index (κ1) is 17.4. The number of amides is 3. The number of likely N-dealkylation sites (tertiary alicyclic amines) is 2. The van der Waals surface area contributed by atoms with Crippen LogP contribution in [-0.4, -0.2) is 55.0 Å². The monoisotopic (exact) mass is 355 g/mol. The predicted octanol–water partition coefficient (Wildman–Crippen LogP) is 2.86. The SMILES string of the molecule is CNC(=O)CC1CC2(CCN(C(=O)N3CCCC3)CC2)c2ccccc21. The lowest BCUT2D eigenvalue weighted by atomic mass is 9.73. The quantitative estimate of drug-likeness (QED) is 0.887. The van der Waals surface area contributed by atoms with E-state index >= 15 is 0 Å². The molecule has 1 spiro atoms. The average molecular weight is 355 g/mol. The summed E-state index contributed by atoms with van der Waals surface area (Å²) in [7, 11) is 1.71. The molecule has 0 saturated carbocycles. The molecule has 0 aromatic heterocycles. The molecular weight excluding hydrogens is 326 g/mol. The maximum atomic E-state index is 12.7. The number of fused-ring (bicyclic) bond motifs is 2. The van der Waals surface area contributed by atoms with Gasteiger partial charge in [0.1, 0.15) is 0 Å². The molecule has 2 fully saturated rings. The molecule has 5 heteroatoms. The second-order valence-electron chi connectivity index (χ2n) is 8.11. The van der Waals surface area contributed by atoms with Gasteiger partial charge >= 0.3 is 6.03 Å². The van der Waals surface area contributed by atoms with Crippen molar-refractivity contribution in [1.29, 1.82) is 0 Å². The third-order valence-electron chi connectivity index (χ3n) is 6.69. The number of urea groups is 1. The summed E-state index contributed by atoms with van der Waals surface area (Å²) in [6, 6.07) is 8.87. The molecule has 2 saturated heterocycles. The Kier molecular flexibility index (Phi) is 4.63. The van der Waals surface area contributed by atoms with Crippen LogP contribution in [0, 0.1) is 0 Å². The van der Waals surface area contributed by atoms with Crippen LogP contribution in [0.15, 0.2) is 24.3 Å². The third-order valence-corrected chi connectivity index (χ3v) is 6.69. The molecule has 1 aromatic rings. The highest BCUT2D eigenvalue weighted by atomic mass is 16.2. The van der Waals surface area contributed by atoms with Gasteiger partial charge in [0.25, 0.3) is 0 Å². The molecule has 1 unspecified atom stereocenters. The predicted molar refractivity (Wildman–Crippen MR) is 101 cm³/mol. The normalized spacial score (nSPS) is 24.0. The lowest BCUT2D eigenvalue weighted by Gasteiger charge is -2.41. The zero-order valence-electron chi connectivity index (χ0n) is 15.7. The first-order valence-electron chi connectivity index (χ1n) is 9.97. The van der Waals surface area contributed by atoms with Crippen molar-refractivity contribution in [2.24, 2.45) is 0 Å². The molecule has 2 heterocycles. The minimum absolute atomic E-state index is 0.114. The van der Waals surface area contributed by atoms with Crippen molar-refractivity contribution < 1.29 is 9.59 Å². The van der Waals surface area contributed by atoms with E-state index in [9.17, 15) is 9.59 Å². The van der Waals surface area contributed by atoms with Gasteiger partial charge in [-0.1, -0.05) is 24.3 Å². The summed E-state index contributed by atoms with van der Waals surface area (Å²) in [6.07, 6.45) is 5.88. The molecule has 1 N–H and O–H groups in total. The van der Waals surface area contributed by atoms with Crippen LogP contribution in [0.1, 0.15) is 55.6 Å². The van der Waals surface area contributed by atoms with E-state index in [1.54, 1.807) is 7.05 Å². The first-order chi connectivity index (χ1) is 12.6. The number of carbonyl (C=O) groups is 2. The second-order valence-corrected chi connectivity index (χ2v) is 8.11. The molecule has 26 heavy (non-hydrogen) atoms. The molecule has 0 bridgehead atoms. The largest absolute Gasteiger partial charge is 0.359 e. The third kappa shape index (κ3) is 2.97. The van der Waals surface area contributed by atoms with E-state index in [1.807, 2.05) is 9.80 Å². The summed E-state index contributed by atoms with van der Waals surface area (Å²) in [5, 5.41) is 2.77. The Labute approximate surface area is 155 Å². The van der Waals surface area contributed by atoms with Crippen LogP contribution in [0.5, 0.6) is 0 Å². The van der Waals surface area contributed by atoms with Crippen molar-refractivity contribution in [3.05, 3.63) is 35.4 Å². The van der Waals surface area contributed by atoms with E-state index in [-0.39, 0.29) is 17.4 Å². The average Bonchev–Trinajstić information content (AvgIpc) is 3.30. The van der Waals surface area contributed by atoms with Crippen LogP contribution in [0.4, 0.5) is 4.79 Å². The van der Waals surface area contributed by atoms with E-state index in [2.05, 4.69) is 29.6 Å². The van der Waals surface area contributed by atoms with E-state index in [4.69, 9.17) is 0 Å². The van der Waals surface area contributed by atoms with Gasteiger partial charge in [-0.25, -0.2) is 4.79 Å². The van der Waals surface area contributed by atoms with Gasteiger partial charge in [-0.2, -0.15) is 0 Å². The smallest absolute Gasteiger partial charge is 0.319 e. The van der Waals surface area contributed by atoms with Crippen molar-refractivity contribution >= 4 is 11.9 Å². The Hall–Kier alpha value is -2.04. The van der Waals surface area contributed by atoms with E-state index in [0.29, 0.717) is 12.3 Å². The van der Waals surface area contributed by atoms with Gasteiger partial charge in [0, 0.05) is 39.6 Å². The standard InChI is InChI=1S/C21H29N3O2/c1-22-19(25)14-16-15-21(18-7-3-2-6-17(16)18)8-12-24(13-9-21)20(26)23-10-4-5-11-23/h2-3,6-7,16H,4-5,8-15H2,1H3,(H,22,25). The molecule has 1 aromatic carbocycles. The van der Waals surface area contributed by atoms with Crippen molar-refractivity contribution in [1.82, 2.24) is 15.1 Å². The Morgan fingerprint density at radius 2 is 1.73 bits per heavy atom. The Bertz CT molecular complexity index is 688. The number of nitrogens with zero attached hydrogens (tertiary/aromatic N) is 2.